The Morgan fingerprint density at radius 3 is 2.19 bits per heavy atom. The summed E-state index contributed by atoms with van der Waals surface area (Å²) in [7, 11) is 3.42. The number of rotatable bonds is 7. The number of nitrogens with one attached hydrogen (secondary N) is 1. The highest BCUT2D eigenvalue weighted by Crippen LogP contribution is 2.28. The summed E-state index contributed by atoms with van der Waals surface area (Å²) < 4.78 is 11.2. The van der Waals surface area contributed by atoms with Crippen molar-refractivity contribution in [1.29, 1.82) is 0 Å². The van der Waals surface area contributed by atoms with Gasteiger partial charge in [-0.05, 0) is 24.7 Å². The molecule has 0 aliphatic carbocycles. The number of aliphatic hydroxyl groups excluding tert-OH is 1. The van der Waals surface area contributed by atoms with Crippen LogP contribution in [-0.2, 0) is 5.54 Å². The summed E-state index contributed by atoms with van der Waals surface area (Å²) in [6.07, 6.45) is 0. The summed E-state index contributed by atoms with van der Waals surface area (Å²) in [5, 5.41) is 13.0. The van der Waals surface area contributed by atoms with Gasteiger partial charge < -0.3 is 19.9 Å². The summed E-state index contributed by atoms with van der Waals surface area (Å²) in [4.78, 5) is 0. The molecule has 4 heteroatoms. The number of benzene rings is 2. The lowest BCUT2D eigenvalue weighted by Crippen LogP contribution is -2.48. The van der Waals surface area contributed by atoms with Crippen LogP contribution in [0.5, 0.6) is 11.5 Å². The molecule has 0 aromatic heterocycles. The second-order valence-corrected chi connectivity index (χ2v) is 4.80. The van der Waals surface area contributed by atoms with Gasteiger partial charge in [-0.25, -0.2) is 0 Å². The van der Waals surface area contributed by atoms with E-state index in [2.05, 4.69) is 5.32 Å². The van der Waals surface area contributed by atoms with Gasteiger partial charge in [0.05, 0.1) is 13.7 Å². The van der Waals surface area contributed by atoms with E-state index in [4.69, 9.17) is 9.47 Å². The first-order valence-corrected chi connectivity index (χ1v) is 6.87. The van der Waals surface area contributed by atoms with Crippen LogP contribution in [0.25, 0.3) is 0 Å². The fourth-order valence-electron chi connectivity index (χ4n) is 2.21. The zero-order valence-electron chi connectivity index (χ0n) is 12.4. The topological polar surface area (TPSA) is 50.7 Å². The van der Waals surface area contributed by atoms with Crippen LogP contribution in [0.2, 0.25) is 0 Å². The molecule has 0 heterocycles. The predicted octanol–water partition coefficient (Wildman–Crippen LogP) is 2.18. The Morgan fingerprint density at radius 1 is 1.00 bits per heavy atom. The van der Waals surface area contributed by atoms with E-state index in [0.29, 0.717) is 18.1 Å². The number of hydrogen-bond donors (Lipinski definition) is 2. The molecule has 2 aromatic rings. The molecule has 0 aliphatic rings. The average molecular weight is 287 g/mol. The van der Waals surface area contributed by atoms with Crippen LogP contribution in [0.4, 0.5) is 0 Å². The first-order chi connectivity index (χ1) is 10.3. The van der Waals surface area contributed by atoms with E-state index >= 15 is 0 Å². The lowest BCUT2D eigenvalue weighted by Gasteiger charge is -2.32. The van der Waals surface area contributed by atoms with Crippen molar-refractivity contribution < 1.29 is 14.6 Å². The van der Waals surface area contributed by atoms with E-state index in [1.165, 1.54) is 0 Å². The molecule has 0 bridgehead atoms. The van der Waals surface area contributed by atoms with Crippen LogP contribution < -0.4 is 14.8 Å². The lowest BCUT2D eigenvalue weighted by molar-refractivity contribution is 0.106. The molecule has 4 nitrogen and oxygen atoms in total. The quantitative estimate of drug-likeness (QED) is 0.819. The molecule has 0 saturated heterocycles. The van der Waals surface area contributed by atoms with Crippen LogP contribution >= 0.6 is 0 Å². The normalized spacial score (nSPS) is 13.5. The zero-order chi connectivity index (χ0) is 15.1. The van der Waals surface area contributed by atoms with Gasteiger partial charge in [-0.1, -0.05) is 42.5 Å². The number of para-hydroxylation sites is 2. The lowest BCUT2D eigenvalue weighted by atomic mass is 9.92. The second-order valence-electron chi connectivity index (χ2n) is 4.80. The Bertz CT molecular complexity index is 553. The Morgan fingerprint density at radius 2 is 1.62 bits per heavy atom. The maximum atomic E-state index is 9.86. The zero-order valence-corrected chi connectivity index (χ0v) is 12.4. The third-order valence-electron chi connectivity index (χ3n) is 3.62. The van der Waals surface area contributed by atoms with Gasteiger partial charge in [-0.3, -0.25) is 0 Å². The van der Waals surface area contributed by atoms with Crippen molar-refractivity contribution in [1.82, 2.24) is 5.32 Å². The van der Waals surface area contributed by atoms with E-state index in [9.17, 15) is 5.11 Å². The number of hydrogen-bond acceptors (Lipinski definition) is 4. The van der Waals surface area contributed by atoms with Gasteiger partial charge in [0.25, 0.3) is 0 Å². The molecule has 2 N–H and O–H groups in total. The van der Waals surface area contributed by atoms with E-state index in [-0.39, 0.29) is 6.61 Å². The van der Waals surface area contributed by atoms with Gasteiger partial charge >= 0.3 is 0 Å². The maximum absolute atomic E-state index is 9.86. The summed E-state index contributed by atoms with van der Waals surface area (Å²) in [6.45, 7) is 0.229. The van der Waals surface area contributed by atoms with Gasteiger partial charge in [0.2, 0.25) is 0 Å². The van der Waals surface area contributed by atoms with Gasteiger partial charge in [0.15, 0.2) is 11.5 Å². The van der Waals surface area contributed by atoms with Crippen molar-refractivity contribution in [3.8, 4) is 11.5 Å². The molecule has 0 spiro atoms. The largest absolute Gasteiger partial charge is 0.493 e. The highest BCUT2D eigenvalue weighted by Gasteiger charge is 2.31. The Labute approximate surface area is 125 Å². The smallest absolute Gasteiger partial charge is 0.161 e. The molecule has 2 rings (SSSR count). The molecule has 2 aromatic carbocycles. The second kappa shape index (κ2) is 7.11. The number of aliphatic hydroxyl groups is 1. The molecule has 0 radical (unpaired) electrons. The molecule has 1 atom stereocenters. The number of ether oxygens (including phenoxy) is 2. The minimum absolute atomic E-state index is 0.0668. The van der Waals surface area contributed by atoms with E-state index < -0.39 is 5.54 Å². The van der Waals surface area contributed by atoms with Gasteiger partial charge in [0, 0.05) is 0 Å². The van der Waals surface area contributed by atoms with Crippen LogP contribution in [0.15, 0.2) is 54.6 Å². The van der Waals surface area contributed by atoms with Crippen molar-refractivity contribution >= 4 is 0 Å². The summed E-state index contributed by atoms with van der Waals surface area (Å²) in [5.74, 6) is 1.33. The molecule has 21 heavy (non-hydrogen) atoms. The van der Waals surface area contributed by atoms with Crippen molar-refractivity contribution in [2.24, 2.45) is 0 Å². The van der Waals surface area contributed by atoms with Crippen molar-refractivity contribution in [2.45, 2.75) is 5.54 Å². The average Bonchev–Trinajstić information content (AvgIpc) is 2.57. The maximum Gasteiger partial charge on any atom is 0.161 e. The van der Waals surface area contributed by atoms with Gasteiger partial charge in [-0.2, -0.15) is 0 Å². The molecule has 0 aliphatic heterocycles. The van der Waals surface area contributed by atoms with Crippen molar-refractivity contribution in [2.75, 3.05) is 27.4 Å². The fourth-order valence-corrected chi connectivity index (χ4v) is 2.21. The highest BCUT2D eigenvalue weighted by molar-refractivity contribution is 5.39. The van der Waals surface area contributed by atoms with E-state index in [1.807, 2.05) is 61.6 Å². The molecule has 0 amide bonds. The number of likely N-dealkylation sites (N-methyl/N-ethyl adjacent to an activating group) is 1. The summed E-state index contributed by atoms with van der Waals surface area (Å²) in [5.41, 5.74) is 0.326. The first kappa shape index (κ1) is 15.4. The van der Waals surface area contributed by atoms with Crippen LogP contribution in [0.1, 0.15) is 5.56 Å². The van der Waals surface area contributed by atoms with Crippen molar-refractivity contribution in [3.63, 3.8) is 0 Å². The third-order valence-corrected chi connectivity index (χ3v) is 3.62. The fraction of sp³-hybridized carbons (Fsp3) is 0.294. The van der Waals surface area contributed by atoms with Crippen LogP contribution in [0, 0.1) is 0 Å². The monoisotopic (exact) mass is 287 g/mol. The molecule has 112 valence electrons. The third kappa shape index (κ3) is 3.35. The summed E-state index contributed by atoms with van der Waals surface area (Å²) >= 11 is 0. The highest BCUT2D eigenvalue weighted by atomic mass is 16.5. The minimum Gasteiger partial charge on any atom is -0.493 e. The van der Waals surface area contributed by atoms with Crippen molar-refractivity contribution in [3.05, 3.63) is 60.2 Å². The van der Waals surface area contributed by atoms with E-state index in [1.54, 1.807) is 7.11 Å². The van der Waals surface area contributed by atoms with Gasteiger partial charge in [0.1, 0.15) is 12.1 Å². The molecular formula is C17H21NO3. The first-order valence-electron chi connectivity index (χ1n) is 6.87. The standard InChI is InChI=1S/C17H21NO3/c1-18-17(12-19,14-8-4-3-5-9-14)13-21-16-11-7-6-10-15(16)20-2/h3-11,18-19H,12-13H2,1-2H3. The van der Waals surface area contributed by atoms with Crippen LogP contribution in [0.3, 0.4) is 0 Å². The SMILES string of the molecule is CNC(CO)(COc1ccccc1OC)c1ccccc1. The Balaban J connectivity index is 2.21. The Hall–Kier alpha value is -2.04. The molecule has 0 saturated carbocycles. The predicted molar refractivity (Wildman–Crippen MR) is 82.8 cm³/mol. The van der Waals surface area contributed by atoms with E-state index in [0.717, 1.165) is 5.56 Å². The minimum atomic E-state index is -0.651. The molecule has 1 unspecified atom stereocenters. The number of methoxy groups -OCH3 is 1. The molecule has 0 fully saturated rings. The molecular weight excluding hydrogens is 266 g/mol. The van der Waals surface area contributed by atoms with Gasteiger partial charge in [-0.15, -0.1) is 0 Å². The Kier molecular flexibility index (Phi) is 5.20. The van der Waals surface area contributed by atoms with Crippen LogP contribution in [-0.4, -0.2) is 32.5 Å². The summed E-state index contributed by atoms with van der Waals surface area (Å²) in [6, 6.07) is 17.2.